The van der Waals surface area contributed by atoms with Crippen molar-refractivity contribution in [2.45, 2.75) is 45.6 Å². The van der Waals surface area contributed by atoms with Crippen molar-refractivity contribution < 1.29 is 12.8 Å². The molecule has 6 nitrogen and oxygen atoms in total. The minimum atomic E-state index is -3.50. The highest BCUT2D eigenvalue weighted by atomic mass is 32.2. The predicted molar refractivity (Wildman–Crippen MR) is 139 cm³/mol. The molecule has 35 heavy (non-hydrogen) atoms. The molecule has 0 saturated carbocycles. The van der Waals surface area contributed by atoms with Crippen molar-refractivity contribution >= 4 is 15.7 Å². The van der Waals surface area contributed by atoms with E-state index in [2.05, 4.69) is 34.9 Å². The molecule has 1 aliphatic rings. The van der Waals surface area contributed by atoms with E-state index in [4.69, 9.17) is 0 Å². The van der Waals surface area contributed by atoms with E-state index < -0.39 is 10.0 Å². The van der Waals surface area contributed by atoms with Crippen molar-refractivity contribution in [3.8, 4) is 6.07 Å². The Morgan fingerprint density at radius 2 is 1.77 bits per heavy atom. The van der Waals surface area contributed by atoms with Crippen molar-refractivity contribution in [1.82, 2.24) is 9.80 Å². The molecule has 1 atom stereocenters. The molecule has 1 aliphatic heterocycles. The lowest BCUT2D eigenvalue weighted by Gasteiger charge is -2.40. The molecule has 0 spiro atoms. The SMILES string of the molecule is CCCCCC(c1ccc(C#N)c(C)c1)N1CCN(CCS(=O)(=O)N(C)c2ccc(F)cc2)CC1. The average Bonchev–Trinajstić information content (AvgIpc) is 2.86. The van der Waals surface area contributed by atoms with Crippen LogP contribution in [0.5, 0.6) is 0 Å². The topological polar surface area (TPSA) is 67.6 Å². The number of sulfonamides is 1. The summed E-state index contributed by atoms with van der Waals surface area (Å²) in [7, 11) is -1.98. The maximum absolute atomic E-state index is 13.2. The second-order valence-corrected chi connectivity index (χ2v) is 11.5. The third-order valence-electron chi connectivity index (χ3n) is 6.96. The molecule has 1 fully saturated rings. The number of piperazine rings is 1. The van der Waals surface area contributed by atoms with Crippen LogP contribution in [0.3, 0.4) is 0 Å². The van der Waals surface area contributed by atoms with E-state index in [-0.39, 0.29) is 11.6 Å². The number of halogens is 1. The van der Waals surface area contributed by atoms with E-state index >= 15 is 0 Å². The first-order valence-corrected chi connectivity index (χ1v) is 14.0. The van der Waals surface area contributed by atoms with Gasteiger partial charge in [0.05, 0.1) is 23.1 Å². The molecule has 0 N–H and O–H groups in total. The van der Waals surface area contributed by atoms with Gasteiger partial charge in [-0.15, -0.1) is 0 Å². The van der Waals surface area contributed by atoms with Gasteiger partial charge in [-0.25, -0.2) is 12.8 Å². The summed E-state index contributed by atoms with van der Waals surface area (Å²) in [4.78, 5) is 4.71. The number of hydrogen-bond donors (Lipinski definition) is 0. The van der Waals surface area contributed by atoms with Gasteiger partial charge in [-0.1, -0.05) is 38.3 Å². The molecule has 0 bridgehead atoms. The minimum absolute atomic E-state index is 0.0234. The molecule has 2 aromatic carbocycles. The van der Waals surface area contributed by atoms with Crippen LogP contribution in [0.4, 0.5) is 10.1 Å². The fourth-order valence-corrected chi connectivity index (χ4v) is 5.86. The summed E-state index contributed by atoms with van der Waals surface area (Å²) in [5, 5.41) is 9.29. The van der Waals surface area contributed by atoms with Crippen LogP contribution < -0.4 is 4.31 Å². The Bertz CT molecular complexity index is 1110. The third kappa shape index (κ3) is 7.26. The number of rotatable bonds is 11. The Hall–Kier alpha value is -2.47. The number of nitrogens with zero attached hydrogens (tertiary/aromatic N) is 4. The molecular formula is C27H37FN4O2S. The van der Waals surface area contributed by atoms with E-state index in [0.717, 1.165) is 50.1 Å². The highest BCUT2D eigenvalue weighted by Crippen LogP contribution is 2.29. The highest BCUT2D eigenvalue weighted by molar-refractivity contribution is 7.92. The second kappa shape index (κ2) is 12.5. The molecule has 3 rings (SSSR count). The van der Waals surface area contributed by atoms with Crippen LogP contribution in [-0.2, 0) is 10.0 Å². The molecule has 0 aromatic heterocycles. The summed E-state index contributed by atoms with van der Waals surface area (Å²) in [6.45, 7) is 8.06. The van der Waals surface area contributed by atoms with Gasteiger partial charge < -0.3 is 0 Å². The van der Waals surface area contributed by atoms with Crippen molar-refractivity contribution in [2.75, 3.05) is 49.8 Å². The van der Waals surface area contributed by atoms with Crippen molar-refractivity contribution in [1.29, 1.82) is 5.26 Å². The van der Waals surface area contributed by atoms with Gasteiger partial charge in [0.25, 0.3) is 0 Å². The van der Waals surface area contributed by atoms with Crippen LogP contribution in [0, 0.1) is 24.1 Å². The molecule has 0 aliphatic carbocycles. The van der Waals surface area contributed by atoms with Gasteiger partial charge in [-0.2, -0.15) is 5.26 Å². The fourth-order valence-electron chi connectivity index (χ4n) is 4.66. The quantitative estimate of drug-likeness (QED) is 0.418. The lowest BCUT2D eigenvalue weighted by Crippen LogP contribution is -2.49. The van der Waals surface area contributed by atoms with Crippen LogP contribution >= 0.6 is 0 Å². The third-order valence-corrected chi connectivity index (χ3v) is 8.70. The van der Waals surface area contributed by atoms with E-state index in [9.17, 15) is 18.1 Å². The van der Waals surface area contributed by atoms with E-state index in [1.807, 2.05) is 13.0 Å². The van der Waals surface area contributed by atoms with Crippen LogP contribution in [-0.4, -0.2) is 63.7 Å². The second-order valence-electron chi connectivity index (χ2n) is 9.34. The largest absolute Gasteiger partial charge is 0.300 e. The van der Waals surface area contributed by atoms with Gasteiger partial charge in [0, 0.05) is 45.8 Å². The van der Waals surface area contributed by atoms with Gasteiger partial charge in [0.1, 0.15) is 5.82 Å². The summed E-state index contributed by atoms with van der Waals surface area (Å²) in [5.74, 6) is -0.364. The average molecular weight is 501 g/mol. The highest BCUT2D eigenvalue weighted by Gasteiger charge is 2.27. The summed E-state index contributed by atoms with van der Waals surface area (Å²) in [6.07, 6.45) is 4.61. The number of unbranched alkanes of at least 4 members (excludes halogenated alkanes) is 2. The van der Waals surface area contributed by atoms with E-state index in [0.29, 0.717) is 18.3 Å². The van der Waals surface area contributed by atoms with Crippen molar-refractivity contribution in [3.05, 3.63) is 65.0 Å². The maximum atomic E-state index is 13.2. The zero-order valence-corrected chi connectivity index (χ0v) is 21.9. The van der Waals surface area contributed by atoms with Crippen LogP contribution in [0.2, 0.25) is 0 Å². The van der Waals surface area contributed by atoms with E-state index in [1.165, 1.54) is 54.0 Å². The van der Waals surface area contributed by atoms with Crippen LogP contribution in [0.15, 0.2) is 42.5 Å². The molecule has 1 unspecified atom stereocenters. The standard InChI is InChI=1S/C27H37FN4O2S/c1-4-5-6-7-27(23-8-9-24(21-29)22(2)20-23)32-16-14-31(15-17-32)18-19-35(33,34)30(3)26-12-10-25(28)11-13-26/h8-13,20,27H,4-7,14-19H2,1-3H3. The van der Waals surface area contributed by atoms with Gasteiger partial charge in [0.2, 0.25) is 10.0 Å². The number of aryl methyl sites for hydroxylation is 1. The lowest BCUT2D eigenvalue weighted by atomic mass is 9.95. The smallest absolute Gasteiger partial charge is 0.236 e. The first kappa shape index (κ1) is 27.1. The summed E-state index contributed by atoms with van der Waals surface area (Å²) in [6, 6.07) is 14.2. The van der Waals surface area contributed by atoms with Crippen molar-refractivity contribution in [3.63, 3.8) is 0 Å². The van der Waals surface area contributed by atoms with Gasteiger partial charge in [-0.05, 0) is 54.8 Å². The van der Waals surface area contributed by atoms with Gasteiger partial charge in [-0.3, -0.25) is 14.1 Å². The van der Waals surface area contributed by atoms with Crippen LogP contribution in [0.25, 0.3) is 0 Å². The Kier molecular flexibility index (Phi) is 9.67. The first-order chi connectivity index (χ1) is 16.7. The van der Waals surface area contributed by atoms with E-state index in [1.54, 1.807) is 0 Å². The zero-order valence-electron chi connectivity index (χ0n) is 21.1. The monoisotopic (exact) mass is 500 g/mol. The molecule has 1 heterocycles. The first-order valence-electron chi connectivity index (χ1n) is 12.4. The lowest BCUT2D eigenvalue weighted by molar-refractivity contribution is 0.0941. The summed E-state index contributed by atoms with van der Waals surface area (Å²) >= 11 is 0. The summed E-state index contributed by atoms with van der Waals surface area (Å²) < 4.78 is 40.1. The Morgan fingerprint density at radius 3 is 2.37 bits per heavy atom. The number of anilines is 1. The number of hydrogen-bond acceptors (Lipinski definition) is 5. The molecule has 0 radical (unpaired) electrons. The molecule has 8 heteroatoms. The zero-order chi connectivity index (χ0) is 25.4. The number of benzene rings is 2. The Labute approximate surface area is 210 Å². The molecule has 0 amide bonds. The Morgan fingerprint density at radius 1 is 1.09 bits per heavy atom. The molecule has 2 aromatic rings. The van der Waals surface area contributed by atoms with Crippen molar-refractivity contribution in [2.24, 2.45) is 0 Å². The molecular weight excluding hydrogens is 463 g/mol. The summed E-state index contributed by atoms with van der Waals surface area (Å²) in [5.41, 5.74) is 3.45. The predicted octanol–water partition coefficient (Wildman–Crippen LogP) is 4.71. The van der Waals surface area contributed by atoms with Gasteiger partial charge >= 0.3 is 0 Å². The maximum Gasteiger partial charge on any atom is 0.236 e. The molecule has 1 saturated heterocycles. The normalized spacial score (nSPS) is 16.1. The Balaban J connectivity index is 1.59. The number of nitriles is 1. The van der Waals surface area contributed by atoms with Crippen LogP contribution in [0.1, 0.15) is 55.3 Å². The minimum Gasteiger partial charge on any atom is -0.300 e. The van der Waals surface area contributed by atoms with Gasteiger partial charge in [0.15, 0.2) is 0 Å². The molecule has 190 valence electrons. The fraction of sp³-hybridized carbons (Fsp3) is 0.519.